The third-order valence-corrected chi connectivity index (χ3v) is 1.71. The van der Waals surface area contributed by atoms with Gasteiger partial charge in [0.2, 0.25) is 5.71 Å². The maximum atomic E-state index is 5.48. The maximum Gasteiger partial charge on any atom is 0.232 e. The molecule has 0 amide bonds. The van der Waals surface area contributed by atoms with Crippen LogP contribution in [-0.4, -0.2) is 9.97 Å². The molecule has 12 heavy (non-hydrogen) atoms. The SMILES string of the molecule is Cc1nc(C)c2cc(N)oc2n1. The van der Waals surface area contributed by atoms with E-state index in [1.165, 1.54) is 0 Å². The molecular formula is C8H9N3O. The smallest absolute Gasteiger partial charge is 0.232 e. The molecule has 0 aliphatic rings. The van der Waals surface area contributed by atoms with Crippen LogP contribution >= 0.6 is 0 Å². The van der Waals surface area contributed by atoms with Gasteiger partial charge in [-0.15, -0.1) is 0 Å². The van der Waals surface area contributed by atoms with E-state index < -0.39 is 0 Å². The first kappa shape index (κ1) is 7.09. The summed E-state index contributed by atoms with van der Waals surface area (Å²) in [5.41, 5.74) is 6.94. The van der Waals surface area contributed by atoms with Gasteiger partial charge < -0.3 is 10.2 Å². The minimum absolute atomic E-state index is 0.382. The van der Waals surface area contributed by atoms with E-state index >= 15 is 0 Å². The molecule has 62 valence electrons. The van der Waals surface area contributed by atoms with E-state index in [0.29, 0.717) is 17.4 Å². The van der Waals surface area contributed by atoms with Gasteiger partial charge in [0, 0.05) is 6.07 Å². The number of nitrogens with two attached hydrogens (primary N) is 1. The summed E-state index contributed by atoms with van der Waals surface area (Å²) in [6, 6.07) is 1.74. The third-order valence-electron chi connectivity index (χ3n) is 1.71. The summed E-state index contributed by atoms with van der Waals surface area (Å²) < 4.78 is 5.16. The number of hydrogen-bond acceptors (Lipinski definition) is 4. The van der Waals surface area contributed by atoms with Gasteiger partial charge >= 0.3 is 0 Å². The molecule has 0 radical (unpaired) electrons. The van der Waals surface area contributed by atoms with Crippen molar-refractivity contribution < 1.29 is 4.42 Å². The molecule has 4 heteroatoms. The van der Waals surface area contributed by atoms with Crippen LogP contribution in [0.15, 0.2) is 10.5 Å². The number of anilines is 1. The Balaban J connectivity index is 2.88. The van der Waals surface area contributed by atoms with E-state index in [0.717, 1.165) is 11.1 Å². The molecule has 2 aromatic heterocycles. The quantitative estimate of drug-likeness (QED) is 0.637. The minimum Gasteiger partial charge on any atom is -0.422 e. The summed E-state index contributed by atoms with van der Waals surface area (Å²) in [5.74, 6) is 1.09. The van der Waals surface area contributed by atoms with Crippen LogP contribution in [0.25, 0.3) is 11.1 Å². The highest BCUT2D eigenvalue weighted by Gasteiger charge is 2.06. The first-order valence-corrected chi connectivity index (χ1v) is 3.67. The molecule has 0 spiro atoms. The zero-order valence-electron chi connectivity index (χ0n) is 6.96. The first-order chi connectivity index (χ1) is 5.66. The average Bonchev–Trinajstić information content (AvgIpc) is 2.29. The van der Waals surface area contributed by atoms with Crippen molar-refractivity contribution in [3.05, 3.63) is 17.6 Å². The summed E-state index contributed by atoms with van der Waals surface area (Å²) >= 11 is 0. The molecule has 0 unspecified atom stereocenters. The summed E-state index contributed by atoms with van der Waals surface area (Å²) in [5, 5.41) is 0.887. The largest absolute Gasteiger partial charge is 0.422 e. The van der Waals surface area contributed by atoms with Crippen LogP contribution in [0.1, 0.15) is 11.5 Å². The highest BCUT2D eigenvalue weighted by atomic mass is 16.4. The Morgan fingerprint density at radius 2 is 2.08 bits per heavy atom. The van der Waals surface area contributed by atoms with Crippen molar-refractivity contribution in [3.8, 4) is 0 Å². The lowest BCUT2D eigenvalue weighted by atomic mass is 10.3. The number of aromatic nitrogens is 2. The molecule has 0 aromatic carbocycles. The second-order valence-corrected chi connectivity index (χ2v) is 2.72. The normalized spacial score (nSPS) is 10.8. The third kappa shape index (κ3) is 0.922. The molecule has 0 fully saturated rings. The first-order valence-electron chi connectivity index (χ1n) is 3.67. The van der Waals surface area contributed by atoms with Gasteiger partial charge in [-0.25, -0.2) is 4.98 Å². The van der Waals surface area contributed by atoms with Crippen LogP contribution in [0, 0.1) is 13.8 Å². The molecular weight excluding hydrogens is 154 g/mol. The number of aryl methyl sites for hydroxylation is 2. The number of furan rings is 1. The lowest BCUT2D eigenvalue weighted by Crippen LogP contribution is -1.89. The fraction of sp³-hybridized carbons (Fsp3) is 0.250. The lowest BCUT2D eigenvalue weighted by molar-refractivity contribution is 0.621. The molecule has 4 nitrogen and oxygen atoms in total. The van der Waals surface area contributed by atoms with Crippen LogP contribution in [0.5, 0.6) is 0 Å². The highest BCUT2D eigenvalue weighted by molar-refractivity contribution is 5.79. The maximum absolute atomic E-state index is 5.48. The van der Waals surface area contributed by atoms with Gasteiger partial charge in [0.15, 0.2) is 5.88 Å². The minimum atomic E-state index is 0.382. The van der Waals surface area contributed by atoms with Crippen LogP contribution in [0.4, 0.5) is 5.88 Å². The second kappa shape index (κ2) is 2.20. The lowest BCUT2D eigenvalue weighted by Gasteiger charge is -1.94. The van der Waals surface area contributed by atoms with Crippen molar-refractivity contribution in [3.63, 3.8) is 0 Å². The fourth-order valence-electron chi connectivity index (χ4n) is 1.22. The average molecular weight is 163 g/mol. The van der Waals surface area contributed by atoms with Crippen molar-refractivity contribution in [1.29, 1.82) is 0 Å². The van der Waals surface area contributed by atoms with Gasteiger partial charge in [0.1, 0.15) is 5.82 Å². The Hall–Kier alpha value is -1.58. The molecule has 0 saturated carbocycles. The molecule has 0 bridgehead atoms. The number of nitrogen functional groups attached to an aromatic ring is 1. The molecule has 0 saturated heterocycles. The summed E-state index contributed by atoms with van der Waals surface area (Å²) in [6.07, 6.45) is 0. The van der Waals surface area contributed by atoms with Gasteiger partial charge in [0.05, 0.1) is 11.1 Å². The topological polar surface area (TPSA) is 64.9 Å². The second-order valence-electron chi connectivity index (χ2n) is 2.72. The monoisotopic (exact) mass is 163 g/mol. The number of fused-ring (bicyclic) bond motifs is 1. The highest BCUT2D eigenvalue weighted by Crippen LogP contribution is 2.20. The van der Waals surface area contributed by atoms with E-state index in [1.807, 2.05) is 13.8 Å². The van der Waals surface area contributed by atoms with Crippen LogP contribution in [-0.2, 0) is 0 Å². The van der Waals surface area contributed by atoms with Crippen molar-refractivity contribution in [1.82, 2.24) is 9.97 Å². The van der Waals surface area contributed by atoms with E-state index in [-0.39, 0.29) is 0 Å². The van der Waals surface area contributed by atoms with E-state index in [4.69, 9.17) is 10.2 Å². The van der Waals surface area contributed by atoms with E-state index in [9.17, 15) is 0 Å². The molecule has 2 heterocycles. The Bertz CT molecular complexity index is 433. The predicted molar refractivity (Wildman–Crippen MR) is 45.7 cm³/mol. The van der Waals surface area contributed by atoms with Crippen molar-refractivity contribution >= 4 is 17.0 Å². The van der Waals surface area contributed by atoms with Crippen LogP contribution in [0.3, 0.4) is 0 Å². The van der Waals surface area contributed by atoms with Gasteiger partial charge in [-0.2, -0.15) is 4.98 Å². The fourth-order valence-corrected chi connectivity index (χ4v) is 1.22. The number of rotatable bonds is 0. The number of hydrogen-bond donors (Lipinski definition) is 1. The van der Waals surface area contributed by atoms with Gasteiger partial charge in [-0.1, -0.05) is 0 Å². The van der Waals surface area contributed by atoms with Crippen molar-refractivity contribution in [2.75, 3.05) is 5.73 Å². The van der Waals surface area contributed by atoms with E-state index in [1.54, 1.807) is 6.07 Å². The van der Waals surface area contributed by atoms with Crippen LogP contribution in [0.2, 0.25) is 0 Å². The molecule has 0 aliphatic heterocycles. The summed E-state index contributed by atoms with van der Waals surface area (Å²) in [6.45, 7) is 3.73. The van der Waals surface area contributed by atoms with Crippen LogP contribution < -0.4 is 5.73 Å². The van der Waals surface area contributed by atoms with Crippen molar-refractivity contribution in [2.24, 2.45) is 0 Å². The van der Waals surface area contributed by atoms with Crippen molar-refractivity contribution in [2.45, 2.75) is 13.8 Å². The molecule has 0 atom stereocenters. The Kier molecular flexibility index (Phi) is 1.30. The number of nitrogens with zero attached hydrogens (tertiary/aromatic N) is 2. The zero-order chi connectivity index (χ0) is 8.72. The summed E-state index contributed by atoms with van der Waals surface area (Å²) in [7, 11) is 0. The summed E-state index contributed by atoms with van der Waals surface area (Å²) in [4.78, 5) is 8.29. The molecule has 2 aromatic rings. The molecule has 2 N–H and O–H groups in total. The Labute approximate surface area is 69.4 Å². The van der Waals surface area contributed by atoms with E-state index in [2.05, 4.69) is 9.97 Å². The molecule has 2 rings (SSSR count). The molecule has 0 aliphatic carbocycles. The predicted octanol–water partition coefficient (Wildman–Crippen LogP) is 1.42. The zero-order valence-corrected chi connectivity index (χ0v) is 6.96. The van der Waals surface area contributed by atoms with Gasteiger partial charge in [0.25, 0.3) is 0 Å². The van der Waals surface area contributed by atoms with Gasteiger partial charge in [-0.05, 0) is 13.8 Å². The Morgan fingerprint density at radius 3 is 2.83 bits per heavy atom. The Morgan fingerprint density at radius 1 is 1.33 bits per heavy atom. The standard InChI is InChI=1S/C8H9N3O/c1-4-6-3-7(9)12-8(6)11-5(2)10-4/h3H,9H2,1-2H3. The van der Waals surface area contributed by atoms with Gasteiger partial charge in [-0.3, -0.25) is 0 Å².